The largest absolute Gasteiger partial charge is 0.492 e. The van der Waals surface area contributed by atoms with Gasteiger partial charge in [-0.3, -0.25) is 4.79 Å². The molecule has 0 aliphatic carbocycles. The van der Waals surface area contributed by atoms with Crippen LogP contribution in [0.15, 0.2) is 30.3 Å². The summed E-state index contributed by atoms with van der Waals surface area (Å²) in [6.07, 6.45) is 1.69. The first-order chi connectivity index (χ1) is 8.36. The van der Waals surface area contributed by atoms with Crippen molar-refractivity contribution < 1.29 is 9.53 Å². The van der Waals surface area contributed by atoms with Crippen LogP contribution in [0.5, 0.6) is 5.75 Å². The van der Waals surface area contributed by atoms with Crippen LogP contribution in [0.2, 0.25) is 0 Å². The number of carbonyl (C=O) groups excluding carboxylic acids is 1. The molecule has 0 bridgehead atoms. The van der Waals surface area contributed by atoms with Crippen molar-refractivity contribution in [3.63, 3.8) is 0 Å². The maximum atomic E-state index is 11.3. The number of para-hydroxylation sites is 1. The highest BCUT2D eigenvalue weighted by Crippen LogP contribution is 2.11. The Bertz CT molecular complexity index is 324. The summed E-state index contributed by atoms with van der Waals surface area (Å²) in [5.74, 6) is 1.12. The highest BCUT2D eigenvalue weighted by molar-refractivity contribution is 5.78. The molecule has 2 rings (SSSR count). The number of rotatable bonds is 4. The third-order valence-electron chi connectivity index (χ3n) is 2.54. The zero-order chi connectivity index (χ0) is 12.5. The van der Waals surface area contributed by atoms with Gasteiger partial charge in [0.25, 0.3) is 0 Å². The average Bonchev–Trinajstić information content (AvgIpc) is 2.79. The molecule has 3 nitrogen and oxygen atoms in total. The van der Waals surface area contributed by atoms with E-state index in [1.54, 1.807) is 0 Å². The van der Waals surface area contributed by atoms with Gasteiger partial charge in [0.15, 0.2) is 0 Å². The summed E-state index contributed by atoms with van der Waals surface area (Å²) < 4.78 is 5.52. The monoisotopic (exact) mass is 235 g/mol. The molecule has 1 fully saturated rings. The van der Waals surface area contributed by atoms with Gasteiger partial charge >= 0.3 is 0 Å². The molecule has 1 aromatic rings. The lowest BCUT2D eigenvalue weighted by Crippen LogP contribution is -2.29. The minimum atomic E-state index is 0.256. The third kappa shape index (κ3) is 4.47. The molecule has 0 N–H and O–H groups in total. The quantitative estimate of drug-likeness (QED) is 0.803. The average molecular weight is 235 g/mol. The molecule has 1 saturated heterocycles. The van der Waals surface area contributed by atoms with E-state index >= 15 is 0 Å². The van der Waals surface area contributed by atoms with Crippen molar-refractivity contribution >= 4 is 5.91 Å². The second-order valence-corrected chi connectivity index (χ2v) is 3.65. The van der Waals surface area contributed by atoms with Gasteiger partial charge in [-0.25, -0.2) is 0 Å². The summed E-state index contributed by atoms with van der Waals surface area (Å²) in [5, 5.41) is 0. The molecule has 0 spiro atoms. The summed E-state index contributed by atoms with van der Waals surface area (Å²) in [4.78, 5) is 13.2. The number of hydrogen-bond acceptors (Lipinski definition) is 2. The first-order valence-electron chi connectivity index (χ1n) is 6.32. The smallest absolute Gasteiger partial charge is 0.222 e. The molecule has 0 atom stereocenters. The molecular formula is C14H21NO2. The second kappa shape index (κ2) is 7.71. The Labute approximate surface area is 103 Å². The van der Waals surface area contributed by atoms with Crippen LogP contribution in [0, 0.1) is 0 Å². The van der Waals surface area contributed by atoms with E-state index in [9.17, 15) is 4.79 Å². The van der Waals surface area contributed by atoms with E-state index in [2.05, 4.69) is 0 Å². The maximum Gasteiger partial charge on any atom is 0.222 e. The summed E-state index contributed by atoms with van der Waals surface area (Å²) in [6.45, 7) is 6.17. The van der Waals surface area contributed by atoms with Crippen LogP contribution in [0.3, 0.4) is 0 Å². The molecule has 0 unspecified atom stereocenters. The predicted molar refractivity (Wildman–Crippen MR) is 69.1 cm³/mol. The molecule has 1 aromatic carbocycles. The molecule has 1 heterocycles. The molecule has 0 saturated carbocycles. The van der Waals surface area contributed by atoms with Crippen LogP contribution in [0.25, 0.3) is 0 Å². The molecule has 3 heteroatoms. The fourth-order valence-electron chi connectivity index (χ4n) is 1.73. The van der Waals surface area contributed by atoms with Gasteiger partial charge < -0.3 is 9.64 Å². The summed E-state index contributed by atoms with van der Waals surface area (Å²) in [7, 11) is 0. The van der Waals surface area contributed by atoms with Gasteiger partial charge in [0.1, 0.15) is 12.4 Å². The highest BCUT2D eigenvalue weighted by atomic mass is 16.5. The van der Waals surface area contributed by atoms with Crippen LogP contribution in [-0.2, 0) is 4.79 Å². The number of ether oxygens (including phenoxy) is 1. The van der Waals surface area contributed by atoms with Crippen LogP contribution < -0.4 is 4.74 Å². The lowest BCUT2D eigenvalue weighted by molar-refractivity contribution is -0.128. The van der Waals surface area contributed by atoms with Gasteiger partial charge in [0, 0.05) is 13.0 Å². The summed E-state index contributed by atoms with van der Waals surface area (Å²) in [6, 6.07) is 9.68. The highest BCUT2D eigenvalue weighted by Gasteiger charge is 2.19. The van der Waals surface area contributed by atoms with Gasteiger partial charge in [0.05, 0.1) is 6.54 Å². The first-order valence-corrected chi connectivity index (χ1v) is 6.32. The van der Waals surface area contributed by atoms with Gasteiger partial charge in [0.2, 0.25) is 5.91 Å². The Kier molecular flexibility index (Phi) is 6.15. The van der Waals surface area contributed by atoms with E-state index in [4.69, 9.17) is 4.74 Å². The Balaban J connectivity index is 0.000000686. The van der Waals surface area contributed by atoms with Crippen LogP contribution in [0.4, 0.5) is 0 Å². The molecule has 1 aliphatic rings. The molecule has 0 radical (unpaired) electrons. The van der Waals surface area contributed by atoms with Crippen molar-refractivity contribution in [2.75, 3.05) is 19.7 Å². The van der Waals surface area contributed by atoms with Crippen molar-refractivity contribution in [1.29, 1.82) is 0 Å². The third-order valence-corrected chi connectivity index (χ3v) is 2.54. The lowest BCUT2D eigenvalue weighted by atomic mass is 10.3. The van der Waals surface area contributed by atoms with E-state index in [1.165, 1.54) is 0 Å². The second-order valence-electron chi connectivity index (χ2n) is 3.65. The van der Waals surface area contributed by atoms with Crippen LogP contribution >= 0.6 is 0 Å². The zero-order valence-corrected chi connectivity index (χ0v) is 10.7. The predicted octanol–water partition coefficient (Wildman–Crippen LogP) is 2.71. The SMILES string of the molecule is CC.O=C1CCCN1CCOc1ccccc1. The topological polar surface area (TPSA) is 29.5 Å². The number of nitrogens with zero attached hydrogens (tertiary/aromatic N) is 1. The summed E-state index contributed by atoms with van der Waals surface area (Å²) in [5.41, 5.74) is 0. The number of likely N-dealkylation sites (tertiary alicyclic amines) is 1. The normalized spacial score (nSPS) is 14.2. The summed E-state index contributed by atoms with van der Waals surface area (Å²) >= 11 is 0. The molecule has 1 aliphatic heterocycles. The van der Waals surface area contributed by atoms with Crippen molar-refractivity contribution in [3.8, 4) is 5.75 Å². The molecular weight excluding hydrogens is 214 g/mol. The van der Waals surface area contributed by atoms with E-state index in [0.717, 1.165) is 18.7 Å². The maximum absolute atomic E-state index is 11.3. The Morgan fingerprint density at radius 2 is 1.94 bits per heavy atom. The van der Waals surface area contributed by atoms with Gasteiger partial charge in [-0.2, -0.15) is 0 Å². The van der Waals surface area contributed by atoms with Crippen molar-refractivity contribution in [2.45, 2.75) is 26.7 Å². The van der Waals surface area contributed by atoms with Crippen molar-refractivity contribution in [2.24, 2.45) is 0 Å². The van der Waals surface area contributed by atoms with Crippen LogP contribution in [0.1, 0.15) is 26.7 Å². The standard InChI is InChI=1S/C12H15NO2.C2H6/c14-12-7-4-8-13(12)9-10-15-11-5-2-1-3-6-11;1-2/h1-3,5-6H,4,7-10H2;1-2H3. The fraction of sp³-hybridized carbons (Fsp3) is 0.500. The number of benzene rings is 1. The Morgan fingerprint density at radius 1 is 1.24 bits per heavy atom. The van der Waals surface area contributed by atoms with Crippen molar-refractivity contribution in [3.05, 3.63) is 30.3 Å². The zero-order valence-electron chi connectivity index (χ0n) is 10.7. The number of hydrogen-bond donors (Lipinski definition) is 0. The van der Waals surface area contributed by atoms with E-state index in [-0.39, 0.29) is 5.91 Å². The van der Waals surface area contributed by atoms with E-state index < -0.39 is 0 Å². The lowest BCUT2D eigenvalue weighted by Gasteiger charge is -2.15. The molecule has 94 valence electrons. The number of carbonyl (C=O) groups is 1. The first kappa shape index (κ1) is 13.6. The van der Waals surface area contributed by atoms with E-state index in [1.807, 2.05) is 49.1 Å². The van der Waals surface area contributed by atoms with E-state index in [0.29, 0.717) is 19.6 Å². The number of amides is 1. The van der Waals surface area contributed by atoms with Gasteiger partial charge in [-0.05, 0) is 18.6 Å². The minimum Gasteiger partial charge on any atom is -0.492 e. The minimum absolute atomic E-state index is 0.256. The fourth-order valence-corrected chi connectivity index (χ4v) is 1.73. The molecule has 0 aromatic heterocycles. The van der Waals surface area contributed by atoms with Gasteiger partial charge in [-0.1, -0.05) is 32.0 Å². The molecule has 17 heavy (non-hydrogen) atoms. The Morgan fingerprint density at radius 3 is 2.53 bits per heavy atom. The van der Waals surface area contributed by atoms with Crippen LogP contribution in [-0.4, -0.2) is 30.5 Å². The Hall–Kier alpha value is -1.51. The van der Waals surface area contributed by atoms with Crippen molar-refractivity contribution in [1.82, 2.24) is 4.90 Å². The molecule has 1 amide bonds. The van der Waals surface area contributed by atoms with Gasteiger partial charge in [-0.15, -0.1) is 0 Å².